The van der Waals surface area contributed by atoms with E-state index in [1.165, 1.54) is 25.0 Å². The van der Waals surface area contributed by atoms with Crippen molar-refractivity contribution in [3.05, 3.63) is 33.9 Å². The van der Waals surface area contributed by atoms with Gasteiger partial charge >= 0.3 is 0 Å². The second-order valence-electron chi connectivity index (χ2n) is 5.33. The average molecular weight is 289 g/mol. The van der Waals surface area contributed by atoms with E-state index in [1.54, 1.807) is 13.2 Å². The summed E-state index contributed by atoms with van der Waals surface area (Å²) in [5.74, 6) is 0.636. The molecule has 1 aromatic rings. The number of methoxy groups -OCH3 is 1. The van der Waals surface area contributed by atoms with Crippen LogP contribution in [0.4, 0.5) is 11.4 Å². The summed E-state index contributed by atoms with van der Waals surface area (Å²) in [4.78, 5) is 12.7. The third-order valence-corrected chi connectivity index (χ3v) is 3.96. The largest absolute Gasteiger partial charge is 0.383 e. The summed E-state index contributed by atoms with van der Waals surface area (Å²) in [6.45, 7) is 3.37. The second kappa shape index (κ2) is 6.55. The Morgan fingerprint density at radius 2 is 2.29 bits per heavy atom. The van der Waals surface area contributed by atoms with Gasteiger partial charge in [-0.2, -0.15) is 5.26 Å². The molecule has 0 saturated heterocycles. The zero-order valence-electron chi connectivity index (χ0n) is 12.3. The Bertz CT molecular complexity index is 564. The molecule has 0 N–H and O–H groups in total. The molecule has 1 aliphatic rings. The summed E-state index contributed by atoms with van der Waals surface area (Å²) in [7, 11) is 1.64. The Labute approximate surface area is 124 Å². The molecular weight excluding hydrogens is 270 g/mol. The Morgan fingerprint density at radius 1 is 1.57 bits per heavy atom. The van der Waals surface area contributed by atoms with Crippen molar-refractivity contribution in [3.8, 4) is 6.07 Å². The molecule has 0 bridgehead atoms. The summed E-state index contributed by atoms with van der Waals surface area (Å²) in [6, 6.07) is 6.97. The number of anilines is 1. The van der Waals surface area contributed by atoms with E-state index in [1.807, 2.05) is 6.07 Å². The molecule has 112 valence electrons. The topological polar surface area (TPSA) is 79.4 Å². The van der Waals surface area contributed by atoms with E-state index in [4.69, 9.17) is 10.00 Å². The molecule has 0 aromatic heterocycles. The van der Waals surface area contributed by atoms with Crippen molar-refractivity contribution in [1.82, 2.24) is 0 Å². The van der Waals surface area contributed by atoms with Gasteiger partial charge in [-0.05, 0) is 37.8 Å². The summed E-state index contributed by atoms with van der Waals surface area (Å²) in [6.07, 6.45) is 2.39. The standard InChI is InChI=1S/C15H19N3O3/c1-11(12-3-4-12)17(7-8-21-2)14-6-5-13(10-16)15(9-14)18(19)20/h5-6,9,11-12H,3-4,7-8H2,1-2H3. The van der Waals surface area contributed by atoms with Crippen LogP contribution in [0, 0.1) is 27.4 Å². The minimum atomic E-state index is -0.502. The predicted octanol–water partition coefficient (Wildman–Crippen LogP) is 2.72. The lowest BCUT2D eigenvalue weighted by molar-refractivity contribution is -0.385. The van der Waals surface area contributed by atoms with Gasteiger partial charge in [0.25, 0.3) is 5.69 Å². The highest BCUT2D eigenvalue weighted by molar-refractivity contribution is 5.60. The molecule has 1 atom stereocenters. The van der Waals surface area contributed by atoms with Crippen molar-refractivity contribution < 1.29 is 9.66 Å². The van der Waals surface area contributed by atoms with Crippen LogP contribution in [0.5, 0.6) is 0 Å². The first kappa shape index (κ1) is 15.3. The van der Waals surface area contributed by atoms with Gasteiger partial charge in [-0.3, -0.25) is 10.1 Å². The van der Waals surface area contributed by atoms with Crippen molar-refractivity contribution in [2.45, 2.75) is 25.8 Å². The Balaban J connectivity index is 2.32. The number of nitriles is 1. The molecule has 6 heteroatoms. The SMILES string of the molecule is COCCN(c1ccc(C#N)c([N+](=O)[O-])c1)C(C)C1CC1. The first-order valence-corrected chi connectivity index (χ1v) is 7.02. The number of nitro benzene ring substituents is 1. The third-order valence-electron chi connectivity index (χ3n) is 3.96. The maximum atomic E-state index is 11.1. The van der Waals surface area contributed by atoms with Crippen molar-refractivity contribution in [3.63, 3.8) is 0 Å². The zero-order valence-corrected chi connectivity index (χ0v) is 12.3. The van der Waals surface area contributed by atoms with Crippen LogP contribution >= 0.6 is 0 Å². The minimum Gasteiger partial charge on any atom is -0.383 e. The molecule has 1 fully saturated rings. The maximum absolute atomic E-state index is 11.1. The van der Waals surface area contributed by atoms with Crippen LogP contribution in [-0.2, 0) is 4.74 Å². The van der Waals surface area contributed by atoms with Crippen LogP contribution < -0.4 is 4.90 Å². The molecule has 21 heavy (non-hydrogen) atoms. The summed E-state index contributed by atoms with van der Waals surface area (Å²) in [5.41, 5.74) is 0.729. The molecule has 1 aromatic carbocycles. The number of benzene rings is 1. The molecule has 1 aliphatic carbocycles. The first-order chi connectivity index (χ1) is 10.1. The van der Waals surface area contributed by atoms with Gasteiger partial charge in [0.15, 0.2) is 0 Å². The maximum Gasteiger partial charge on any atom is 0.289 e. The van der Waals surface area contributed by atoms with Gasteiger partial charge in [0.05, 0.1) is 11.5 Å². The van der Waals surface area contributed by atoms with E-state index in [-0.39, 0.29) is 11.3 Å². The molecule has 6 nitrogen and oxygen atoms in total. The summed E-state index contributed by atoms with van der Waals surface area (Å²) in [5, 5.41) is 20.1. The lowest BCUT2D eigenvalue weighted by Crippen LogP contribution is -2.37. The normalized spacial score (nSPS) is 15.3. The number of hydrogen-bond acceptors (Lipinski definition) is 5. The van der Waals surface area contributed by atoms with E-state index in [0.29, 0.717) is 25.1 Å². The van der Waals surface area contributed by atoms with Crippen molar-refractivity contribution in [2.75, 3.05) is 25.2 Å². The van der Waals surface area contributed by atoms with Crippen LogP contribution in [0.2, 0.25) is 0 Å². The molecule has 1 unspecified atom stereocenters. The van der Waals surface area contributed by atoms with Crippen molar-refractivity contribution in [2.24, 2.45) is 5.92 Å². The Hall–Kier alpha value is -2.13. The molecule has 0 amide bonds. The van der Waals surface area contributed by atoms with Crippen LogP contribution in [0.1, 0.15) is 25.3 Å². The quantitative estimate of drug-likeness (QED) is 0.569. The van der Waals surface area contributed by atoms with Gasteiger partial charge in [-0.15, -0.1) is 0 Å². The predicted molar refractivity (Wildman–Crippen MR) is 79.2 cm³/mol. The molecule has 0 spiro atoms. The minimum absolute atomic E-state index is 0.0921. The summed E-state index contributed by atoms with van der Waals surface area (Å²) >= 11 is 0. The van der Waals surface area contributed by atoms with Gasteiger partial charge < -0.3 is 9.64 Å². The van der Waals surface area contributed by atoms with E-state index in [9.17, 15) is 10.1 Å². The molecule has 0 radical (unpaired) electrons. The Kier molecular flexibility index (Phi) is 4.76. The van der Waals surface area contributed by atoms with Crippen LogP contribution in [0.15, 0.2) is 18.2 Å². The molecule has 1 saturated carbocycles. The van der Waals surface area contributed by atoms with Gasteiger partial charge in [0, 0.05) is 31.5 Å². The van der Waals surface area contributed by atoms with E-state index in [2.05, 4.69) is 11.8 Å². The number of ether oxygens (including phenoxy) is 1. The number of nitro groups is 1. The lowest BCUT2D eigenvalue weighted by atomic mass is 10.1. The second-order valence-corrected chi connectivity index (χ2v) is 5.33. The van der Waals surface area contributed by atoms with Gasteiger partial charge in [0.2, 0.25) is 0 Å². The van der Waals surface area contributed by atoms with Crippen molar-refractivity contribution >= 4 is 11.4 Å². The fourth-order valence-electron chi connectivity index (χ4n) is 2.53. The monoisotopic (exact) mass is 289 g/mol. The number of hydrogen-bond donors (Lipinski definition) is 0. The van der Waals surface area contributed by atoms with E-state index < -0.39 is 4.92 Å². The first-order valence-electron chi connectivity index (χ1n) is 7.02. The highest BCUT2D eigenvalue weighted by atomic mass is 16.6. The number of rotatable bonds is 7. The average Bonchev–Trinajstić information content (AvgIpc) is 3.31. The fraction of sp³-hybridized carbons (Fsp3) is 0.533. The third kappa shape index (κ3) is 3.50. The van der Waals surface area contributed by atoms with E-state index in [0.717, 1.165) is 5.69 Å². The highest BCUT2D eigenvalue weighted by Crippen LogP contribution is 2.37. The molecule has 2 rings (SSSR count). The highest BCUT2D eigenvalue weighted by Gasteiger charge is 2.32. The van der Waals surface area contributed by atoms with Crippen LogP contribution in [-0.4, -0.2) is 31.2 Å². The zero-order chi connectivity index (χ0) is 15.4. The molecule has 0 aliphatic heterocycles. The lowest BCUT2D eigenvalue weighted by Gasteiger charge is -2.31. The molecular formula is C15H19N3O3. The summed E-state index contributed by atoms with van der Waals surface area (Å²) < 4.78 is 5.14. The smallest absolute Gasteiger partial charge is 0.289 e. The fourth-order valence-corrected chi connectivity index (χ4v) is 2.53. The van der Waals surface area contributed by atoms with E-state index >= 15 is 0 Å². The van der Waals surface area contributed by atoms with Gasteiger partial charge in [-0.25, -0.2) is 0 Å². The van der Waals surface area contributed by atoms with Crippen LogP contribution in [0.25, 0.3) is 0 Å². The van der Waals surface area contributed by atoms with Gasteiger partial charge in [-0.1, -0.05) is 0 Å². The Morgan fingerprint density at radius 3 is 2.81 bits per heavy atom. The molecule has 0 heterocycles. The number of nitrogens with zero attached hydrogens (tertiary/aromatic N) is 3. The van der Waals surface area contributed by atoms with Crippen molar-refractivity contribution in [1.29, 1.82) is 5.26 Å². The van der Waals surface area contributed by atoms with Gasteiger partial charge in [0.1, 0.15) is 11.6 Å². The van der Waals surface area contributed by atoms with Crippen LogP contribution in [0.3, 0.4) is 0 Å².